The number of ether oxygens (including phenoxy) is 1. The van der Waals surface area contributed by atoms with Crippen LogP contribution >= 0.6 is 0 Å². The van der Waals surface area contributed by atoms with Crippen molar-refractivity contribution in [2.75, 3.05) is 13.2 Å². The van der Waals surface area contributed by atoms with Crippen molar-refractivity contribution in [3.05, 3.63) is 65.2 Å². The van der Waals surface area contributed by atoms with Gasteiger partial charge in [-0.1, -0.05) is 24.3 Å². The van der Waals surface area contributed by atoms with Gasteiger partial charge in [0.1, 0.15) is 5.75 Å². The Labute approximate surface area is 138 Å². The SMILES string of the molecule is Cc1ccccc1CCNC(=O)COc1ccc(C(F)(F)F)cc1. The molecule has 2 rings (SSSR count). The Morgan fingerprint density at radius 2 is 1.75 bits per heavy atom. The first kappa shape index (κ1) is 17.8. The van der Waals surface area contributed by atoms with Crippen LogP contribution in [0.5, 0.6) is 5.75 Å². The zero-order chi connectivity index (χ0) is 17.6. The lowest BCUT2D eigenvalue weighted by atomic mass is 10.1. The van der Waals surface area contributed by atoms with Crippen LogP contribution in [0, 0.1) is 6.92 Å². The molecule has 1 amide bonds. The molecule has 0 heterocycles. The molecule has 0 aliphatic carbocycles. The van der Waals surface area contributed by atoms with Gasteiger partial charge in [-0.3, -0.25) is 4.79 Å². The molecule has 0 aliphatic rings. The van der Waals surface area contributed by atoms with E-state index in [0.717, 1.165) is 23.3 Å². The van der Waals surface area contributed by atoms with Crippen molar-refractivity contribution in [3.63, 3.8) is 0 Å². The third kappa shape index (κ3) is 5.30. The fourth-order valence-corrected chi connectivity index (χ4v) is 2.17. The average molecular weight is 337 g/mol. The highest BCUT2D eigenvalue weighted by Gasteiger charge is 2.30. The highest BCUT2D eigenvalue weighted by molar-refractivity contribution is 5.77. The predicted octanol–water partition coefficient (Wildman–Crippen LogP) is 3.75. The van der Waals surface area contributed by atoms with Crippen molar-refractivity contribution in [1.82, 2.24) is 5.32 Å². The number of aryl methyl sites for hydroxylation is 1. The molecule has 0 atom stereocenters. The third-order valence-electron chi connectivity index (χ3n) is 3.53. The first-order valence-corrected chi connectivity index (χ1v) is 7.47. The number of halogens is 3. The molecule has 2 aromatic carbocycles. The normalized spacial score (nSPS) is 11.2. The van der Waals surface area contributed by atoms with Crippen LogP contribution in [0.15, 0.2) is 48.5 Å². The van der Waals surface area contributed by atoms with Gasteiger partial charge in [0.25, 0.3) is 5.91 Å². The number of alkyl halides is 3. The highest BCUT2D eigenvalue weighted by atomic mass is 19.4. The van der Waals surface area contributed by atoms with E-state index in [2.05, 4.69) is 5.32 Å². The predicted molar refractivity (Wildman–Crippen MR) is 84.8 cm³/mol. The molecule has 0 radical (unpaired) electrons. The van der Waals surface area contributed by atoms with Crippen LogP contribution in [0.2, 0.25) is 0 Å². The van der Waals surface area contributed by atoms with E-state index in [1.165, 1.54) is 12.1 Å². The highest BCUT2D eigenvalue weighted by Crippen LogP contribution is 2.30. The summed E-state index contributed by atoms with van der Waals surface area (Å²) in [6.07, 6.45) is -3.68. The van der Waals surface area contributed by atoms with Crippen molar-refractivity contribution in [1.29, 1.82) is 0 Å². The van der Waals surface area contributed by atoms with Gasteiger partial charge in [-0.15, -0.1) is 0 Å². The Balaban J connectivity index is 1.74. The number of hydrogen-bond acceptors (Lipinski definition) is 2. The van der Waals surface area contributed by atoms with Crippen LogP contribution in [0.3, 0.4) is 0 Å². The molecule has 0 fully saturated rings. The van der Waals surface area contributed by atoms with Crippen molar-refractivity contribution >= 4 is 5.91 Å². The molecular formula is C18H18F3NO2. The van der Waals surface area contributed by atoms with E-state index >= 15 is 0 Å². The number of carbonyl (C=O) groups is 1. The van der Waals surface area contributed by atoms with E-state index in [1.54, 1.807) is 0 Å². The zero-order valence-corrected chi connectivity index (χ0v) is 13.2. The fourth-order valence-electron chi connectivity index (χ4n) is 2.17. The number of rotatable bonds is 6. The minimum atomic E-state index is -4.38. The van der Waals surface area contributed by atoms with Crippen LogP contribution in [0.1, 0.15) is 16.7 Å². The summed E-state index contributed by atoms with van der Waals surface area (Å²) >= 11 is 0. The number of nitrogens with one attached hydrogen (secondary N) is 1. The Kier molecular flexibility index (Phi) is 5.84. The van der Waals surface area contributed by atoms with E-state index in [1.807, 2.05) is 31.2 Å². The molecule has 1 N–H and O–H groups in total. The van der Waals surface area contributed by atoms with Crippen LogP contribution in [0.25, 0.3) is 0 Å². The van der Waals surface area contributed by atoms with Gasteiger partial charge < -0.3 is 10.1 Å². The van der Waals surface area contributed by atoms with Crippen LogP contribution in [-0.4, -0.2) is 19.1 Å². The summed E-state index contributed by atoms with van der Waals surface area (Å²) in [4.78, 5) is 11.7. The quantitative estimate of drug-likeness (QED) is 0.872. The van der Waals surface area contributed by atoms with Gasteiger partial charge in [0.15, 0.2) is 6.61 Å². The van der Waals surface area contributed by atoms with Crippen molar-refractivity contribution in [3.8, 4) is 5.75 Å². The van der Waals surface area contributed by atoms with Gasteiger partial charge in [-0.2, -0.15) is 13.2 Å². The molecule has 128 valence electrons. The second-order valence-electron chi connectivity index (χ2n) is 5.34. The van der Waals surface area contributed by atoms with E-state index < -0.39 is 11.7 Å². The first-order valence-electron chi connectivity index (χ1n) is 7.47. The molecule has 0 bridgehead atoms. The summed E-state index contributed by atoms with van der Waals surface area (Å²) in [5.74, 6) is -0.0967. The second-order valence-corrected chi connectivity index (χ2v) is 5.34. The molecule has 0 saturated carbocycles. The Morgan fingerprint density at radius 1 is 1.08 bits per heavy atom. The van der Waals surface area contributed by atoms with Gasteiger partial charge >= 0.3 is 6.18 Å². The van der Waals surface area contributed by atoms with Crippen molar-refractivity contribution in [2.24, 2.45) is 0 Å². The molecule has 3 nitrogen and oxygen atoms in total. The molecule has 0 unspecified atom stereocenters. The fraction of sp³-hybridized carbons (Fsp3) is 0.278. The summed E-state index contributed by atoms with van der Waals surface area (Å²) in [7, 11) is 0. The van der Waals surface area contributed by atoms with Crippen LogP contribution < -0.4 is 10.1 Å². The first-order chi connectivity index (χ1) is 11.4. The van der Waals surface area contributed by atoms with E-state index in [9.17, 15) is 18.0 Å². The van der Waals surface area contributed by atoms with Gasteiger partial charge in [-0.25, -0.2) is 0 Å². The van der Waals surface area contributed by atoms with Crippen LogP contribution in [0.4, 0.5) is 13.2 Å². The van der Waals surface area contributed by atoms with E-state index in [-0.39, 0.29) is 18.3 Å². The number of benzene rings is 2. The molecule has 0 saturated heterocycles. The maximum absolute atomic E-state index is 12.4. The molecule has 6 heteroatoms. The molecule has 2 aromatic rings. The lowest BCUT2D eigenvalue weighted by Gasteiger charge is -2.10. The molecule has 0 aromatic heterocycles. The minimum Gasteiger partial charge on any atom is -0.484 e. The summed E-state index contributed by atoms with van der Waals surface area (Å²) in [5.41, 5.74) is 1.56. The third-order valence-corrected chi connectivity index (χ3v) is 3.53. The number of carbonyl (C=O) groups excluding carboxylic acids is 1. The molecule has 0 aliphatic heterocycles. The van der Waals surface area contributed by atoms with Crippen molar-refractivity contribution < 1.29 is 22.7 Å². The molecule has 0 spiro atoms. The monoisotopic (exact) mass is 337 g/mol. The van der Waals surface area contributed by atoms with Crippen LogP contribution in [-0.2, 0) is 17.4 Å². The summed E-state index contributed by atoms with van der Waals surface area (Å²) in [5, 5.41) is 2.72. The lowest BCUT2D eigenvalue weighted by Crippen LogP contribution is -2.30. The van der Waals surface area contributed by atoms with E-state index in [0.29, 0.717) is 13.0 Å². The lowest BCUT2D eigenvalue weighted by molar-refractivity contribution is -0.137. The number of hydrogen-bond donors (Lipinski definition) is 1. The second kappa shape index (κ2) is 7.86. The minimum absolute atomic E-state index is 0.219. The van der Waals surface area contributed by atoms with Gasteiger partial charge in [0.05, 0.1) is 5.56 Å². The Hall–Kier alpha value is -2.50. The molecular weight excluding hydrogens is 319 g/mol. The summed E-state index contributed by atoms with van der Waals surface area (Å²) in [6.45, 7) is 2.24. The number of amides is 1. The summed E-state index contributed by atoms with van der Waals surface area (Å²) < 4.78 is 42.5. The van der Waals surface area contributed by atoms with Gasteiger partial charge in [0, 0.05) is 6.54 Å². The largest absolute Gasteiger partial charge is 0.484 e. The smallest absolute Gasteiger partial charge is 0.416 e. The molecule has 24 heavy (non-hydrogen) atoms. The summed E-state index contributed by atoms with van der Waals surface area (Å²) in [6, 6.07) is 12.1. The standard InChI is InChI=1S/C18H18F3NO2/c1-13-4-2-3-5-14(13)10-11-22-17(23)12-24-16-8-6-15(7-9-16)18(19,20)21/h2-9H,10-12H2,1H3,(H,22,23). The van der Waals surface area contributed by atoms with Crippen molar-refractivity contribution in [2.45, 2.75) is 19.5 Å². The van der Waals surface area contributed by atoms with Gasteiger partial charge in [0.2, 0.25) is 0 Å². The van der Waals surface area contributed by atoms with E-state index in [4.69, 9.17) is 4.74 Å². The topological polar surface area (TPSA) is 38.3 Å². The average Bonchev–Trinajstić information content (AvgIpc) is 2.54. The van der Waals surface area contributed by atoms with Gasteiger partial charge in [-0.05, 0) is 48.7 Å². The maximum Gasteiger partial charge on any atom is 0.416 e. The Morgan fingerprint density at radius 3 is 2.38 bits per heavy atom. The maximum atomic E-state index is 12.4. The zero-order valence-electron chi connectivity index (χ0n) is 13.2. The Bertz CT molecular complexity index is 681.